The Kier molecular flexibility index (Phi) is 13.4. The average Bonchev–Trinajstić information content (AvgIpc) is 2.94. The minimum atomic E-state index is -1.56. The molecule has 0 saturated carbocycles. The molecule has 0 fully saturated rings. The number of carbonyl (C=O) groups excluding carboxylic acids is 3. The Morgan fingerprint density at radius 2 is 1.21 bits per heavy atom. The summed E-state index contributed by atoms with van der Waals surface area (Å²) in [5.74, 6) is -5.35. The molecule has 0 aromatic heterocycles. The predicted molar refractivity (Wildman–Crippen MR) is 154 cm³/mol. The molecule has 4 atom stereocenters. The fraction of sp³-hybridized carbons (Fsp3) is 0.357. The van der Waals surface area contributed by atoms with Crippen molar-refractivity contribution in [2.45, 2.75) is 56.3 Å². The van der Waals surface area contributed by atoms with Gasteiger partial charge in [0.15, 0.2) is 5.96 Å². The van der Waals surface area contributed by atoms with E-state index in [9.17, 15) is 34.2 Å². The molecule has 14 nitrogen and oxygen atoms in total. The Labute approximate surface area is 242 Å². The molecule has 4 unspecified atom stereocenters. The van der Waals surface area contributed by atoms with E-state index in [0.29, 0.717) is 5.56 Å². The van der Waals surface area contributed by atoms with Gasteiger partial charge < -0.3 is 43.4 Å². The Bertz CT molecular complexity index is 1240. The average molecular weight is 584 g/mol. The van der Waals surface area contributed by atoms with Crippen LogP contribution in [0.2, 0.25) is 0 Å². The molecule has 0 aliphatic carbocycles. The third-order valence-corrected chi connectivity index (χ3v) is 6.12. The number of hydrogen-bond donors (Lipinski definition) is 8. The number of rotatable bonds is 17. The lowest BCUT2D eigenvalue weighted by Gasteiger charge is -2.25. The van der Waals surface area contributed by atoms with Crippen LogP contribution in [-0.2, 0) is 36.8 Å². The summed E-state index contributed by atoms with van der Waals surface area (Å²) in [5, 5.41) is 26.2. The van der Waals surface area contributed by atoms with Crippen LogP contribution < -0.4 is 33.2 Å². The molecule has 3 amide bonds. The Morgan fingerprint density at radius 1 is 0.714 bits per heavy atom. The molecule has 0 bridgehead atoms. The van der Waals surface area contributed by atoms with E-state index < -0.39 is 60.2 Å². The molecule has 0 saturated heterocycles. The van der Waals surface area contributed by atoms with Crippen LogP contribution in [0.15, 0.2) is 65.7 Å². The van der Waals surface area contributed by atoms with Crippen LogP contribution in [0.25, 0.3) is 0 Å². The number of nitrogens with zero attached hydrogens (tertiary/aromatic N) is 1. The van der Waals surface area contributed by atoms with E-state index in [1.807, 2.05) is 0 Å². The highest BCUT2D eigenvalue weighted by Crippen LogP contribution is 2.08. The molecular formula is C28H37N7O7. The molecule has 0 aliphatic rings. The number of amides is 3. The Balaban J connectivity index is 2.18. The van der Waals surface area contributed by atoms with Gasteiger partial charge in [0.1, 0.15) is 18.1 Å². The van der Waals surface area contributed by atoms with E-state index in [0.717, 1.165) is 5.56 Å². The summed E-state index contributed by atoms with van der Waals surface area (Å²) < 4.78 is 0. The molecule has 2 aromatic carbocycles. The van der Waals surface area contributed by atoms with Crippen LogP contribution in [0.3, 0.4) is 0 Å². The number of carboxylic acids is 2. The van der Waals surface area contributed by atoms with Crippen LogP contribution in [-0.4, -0.2) is 76.5 Å². The fourth-order valence-corrected chi connectivity index (χ4v) is 3.99. The molecule has 0 spiro atoms. The lowest BCUT2D eigenvalue weighted by molar-refractivity contribution is -0.143. The summed E-state index contributed by atoms with van der Waals surface area (Å²) in [6, 6.07) is 12.3. The quantitative estimate of drug-likeness (QED) is 0.0631. The highest BCUT2D eigenvalue weighted by atomic mass is 16.4. The number of carboxylic acid groups (broad SMARTS) is 2. The largest absolute Gasteiger partial charge is 0.481 e. The first kappa shape index (κ1) is 33.2. The maximum absolute atomic E-state index is 13.2. The van der Waals surface area contributed by atoms with Crippen molar-refractivity contribution in [3.63, 3.8) is 0 Å². The topological polar surface area (TPSA) is 252 Å². The normalized spacial score (nSPS) is 13.5. The minimum absolute atomic E-state index is 0.000849. The van der Waals surface area contributed by atoms with Crippen molar-refractivity contribution < 1.29 is 34.2 Å². The van der Waals surface area contributed by atoms with Crippen molar-refractivity contribution in [1.29, 1.82) is 0 Å². The molecule has 11 N–H and O–H groups in total. The second-order valence-electron chi connectivity index (χ2n) is 9.55. The molecule has 14 heteroatoms. The molecular weight excluding hydrogens is 546 g/mol. The smallest absolute Gasteiger partial charge is 0.326 e. The molecule has 0 aliphatic heterocycles. The summed E-state index contributed by atoms with van der Waals surface area (Å²) in [7, 11) is 0. The third-order valence-electron chi connectivity index (χ3n) is 6.12. The van der Waals surface area contributed by atoms with Crippen LogP contribution >= 0.6 is 0 Å². The van der Waals surface area contributed by atoms with E-state index in [1.54, 1.807) is 60.7 Å². The van der Waals surface area contributed by atoms with Gasteiger partial charge in [-0.25, -0.2) is 4.79 Å². The van der Waals surface area contributed by atoms with Gasteiger partial charge in [0, 0.05) is 13.0 Å². The Hall–Kier alpha value is -4.98. The van der Waals surface area contributed by atoms with Gasteiger partial charge in [-0.2, -0.15) is 0 Å². The lowest BCUT2D eigenvalue weighted by Crippen LogP contribution is -2.58. The molecule has 42 heavy (non-hydrogen) atoms. The van der Waals surface area contributed by atoms with Crippen LogP contribution in [0.5, 0.6) is 0 Å². The second-order valence-corrected chi connectivity index (χ2v) is 9.55. The van der Waals surface area contributed by atoms with Gasteiger partial charge in [-0.3, -0.25) is 24.2 Å². The summed E-state index contributed by atoms with van der Waals surface area (Å²) in [4.78, 5) is 66.3. The van der Waals surface area contributed by atoms with E-state index in [4.69, 9.17) is 17.2 Å². The standard InChI is InChI=1S/C28H37N7O7/c29-19(14-17-8-3-1-4-9-17)24(38)34-22(16-23(36)37)26(40)35-21(15-18-10-5-2-6-11-18)25(39)33-20(27(41)42)12-7-13-32-28(30)31/h1-6,8-11,19-22H,7,12-16,29H2,(H,33,39)(H,34,38)(H,35,40)(H,36,37)(H,41,42)(H4,30,31,32). The predicted octanol–water partition coefficient (Wildman–Crippen LogP) is -1.13. The van der Waals surface area contributed by atoms with Crippen molar-refractivity contribution >= 4 is 35.6 Å². The fourth-order valence-electron chi connectivity index (χ4n) is 3.99. The number of nitrogens with one attached hydrogen (secondary N) is 3. The highest BCUT2D eigenvalue weighted by molar-refractivity contribution is 5.95. The zero-order chi connectivity index (χ0) is 31.1. The highest BCUT2D eigenvalue weighted by Gasteiger charge is 2.31. The number of carbonyl (C=O) groups is 5. The van der Waals surface area contributed by atoms with Gasteiger partial charge in [-0.1, -0.05) is 60.7 Å². The van der Waals surface area contributed by atoms with Gasteiger partial charge in [0.05, 0.1) is 12.5 Å². The van der Waals surface area contributed by atoms with Gasteiger partial charge in [0.2, 0.25) is 17.7 Å². The van der Waals surface area contributed by atoms with Gasteiger partial charge >= 0.3 is 11.9 Å². The number of benzene rings is 2. The first-order valence-electron chi connectivity index (χ1n) is 13.2. The number of hydrogen-bond acceptors (Lipinski definition) is 7. The van der Waals surface area contributed by atoms with Crippen molar-refractivity contribution in [2.75, 3.05) is 6.54 Å². The summed E-state index contributed by atoms with van der Waals surface area (Å²) >= 11 is 0. The lowest BCUT2D eigenvalue weighted by atomic mass is 10.0. The minimum Gasteiger partial charge on any atom is -0.481 e. The number of aliphatic imine (C=N–C) groups is 1. The zero-order valence-electron chi connectivity index (χ0n) is 22.9. The number of nitrogens with two attached hydrogens (primary N) is 3. The summed E-state index contributed by atoms with van der Waals surface area (Å²) in [5.41, 5.74) is 18.0. The van der Waals surface area contributed by atoms with Crippen LogP contribution in [0.4, 0.5) is 0 Å². The molecule has 0 radical (unpaired) electrons. The summed E-state index contributed by atoms with van der Waals surface area (Å²) in [6.45, 7) is 0.148. The number of aliphatic carboxylic acids is 2. The third kappa shape index (κ3) is 12.0. The van der Waals surface area contributed by atoms with E-state index in [-0.39, 0.29) is 38.2 Å². The van der Waals surface area contributed by atoms with E-state index >= 15 is 0 Å². The zero-order valence-corrected chi connectivity index (χ0v) is 22.9. The first-order valence-corrected chi connectivity index (χ1v) is 13.2. The SMILES string of the molecule is NC(N)=NCCCC(NC(=O)C(Cc1ccccc1)NC(=O)C(CC(=O)O)NC(=O)C(N)Cc1ccccc1)C(=O)O. The molecule has 226 valence electrons. The first-order chi connectivity index (χ1) is 20.0. The molecule has 2 aromatic rings. The maximum atomic E-state index is 13.2. The summed E-state index contributed by atoms with van der Waals surface area (Å²) in [6.07, 6.45) is -0.424. The maximum Gasteiger partial charge on any atom is 0.326 e. The van der Waals surface area contributed by atoms with E-state index in [2.05, 4.69) is 20.9 Å². The van der Waals surface area contributed by atoms with Crippen molar-refractivity contribution in [3.05, 3.63) is 71.8 Å². The van der Waals surface area contributed by atoms with Crippen molar-refractivity contribution in [2.24, 2.45) is 22.2 Å². The molecule has 2 rings (SSSR count). The second kappa shape index (κ2) is 17.0. The van der Waals surface area contributed by atoms with E-state index in [1.165, 1.54) is 0 Å². The van der Waals surface area contributed by atoms with Crippen LogP contribution in [0.1, 0.15) is 30.4 Å². The Morgan fingerprint density at radius 3 is 1.74 bits per heavy atom. The van der Waals surface area contributed by atoms with Gasteiger partial charge in [0.25, 0.3) is 0 Å². The van der Waals surface area contributed by atoms with Gasteiger partial charge in [-0.15, -0.1) is 0 Å². The van der Waals surface area contributed by atoms with Gasteiger partial charge in [-0.05, 0) is 30.4 Å². The van der Waals surface area contributed by atoms with Crippen LogP contribution in [0, 0.1) is 0 Å². The molecule has 0 heterocycles. The number of guanidine groups is 1. The monoisotopic (exact) mass is 583 g/mol. The van der Waals surface area contributed by atoms with Crippen molar-refractivity contribution in [3.8, 4) is 0 Å². The van der Waals surface area contributed by atoms with Crippen molar-refractivity contribution in [1.82, 2.24) is 16.0 Å².